The second-order valence-electron chi connectivity index (χ2n) is 7.31. The van der Waals surface area contributed by atoms with Gasteiger partial charge in [0.1, 0.15) is 17.5 Å². The van der Waals surface area contributed by atoms with Gasteiger partial charge in [-0.15, -0.1) is 0 Å². The molecule has 35 heavy (non-hydrogen) atoms. The third-order valence-corrected chi connectivity index (χ3v) is 7.74. The van der Waals surface area contributed by atoms with Gasteiger partial charge < -0.3 is 10.4 Å². The highest BCUT2D eigenvalue weighted by molar-refractivity contribution is 7.91. The van der Waals surface area contributed by atoms with Crippen molar-refractivity contribution < 1.29 is 31.3 Å². The maximum Gasteiger partial charge on any atom is 0.294 e. The fourth-order valence-corrected chi connectivity index (χ4v) is 5.01. The Morgan fingerprint density at radius 1 is 0.971 bits per heavy atom. The van der Waals surface area contributed by atoms with Crippen molar-refractivity contribution in [3.05, 3.63) is 71.8 Å². The van der Waals surface area contributed by atoms with Gasteiger partial charge in [0.2, 0.25) is 9.84 Å². The Balaban J connectivity index is 1.82. The van der Waals surface area contributed by atoms with Gasteiger partial charge in [-0.05, 0) is 55.5 Å². The van der Waals surface area contributed by atoms with Crippen LogP contribution in [0.2, 0.25) is 5.02 Å². The normalized spacial score (nSPS) is 13.0. The Hall–Kier alpha value is -3.32. The number of rotatable bonds is 9. The highest BCUT2D eigenvalue weighted by Gasteiger charge is 2.20. The van der Waals surface area contributed by atoms with E-state index in [1.807, 2.05) is 0 Å². The average molecular weight is 538 g/mol. The molecule has 0 amide bonds. The molecule has 0 aliphatic heterocycles. The van der Waals surface area contributed by atoms with Crippen LogP contribution in [0.15, 0.2) is 91.6 Å². The Kier molecular flexibility index (Phi) is 7.90. The lowest BCUT2D eigenvalue weighted by Crippen LogP contribution is -2.24. The van der Waals surface area contributed by atoms with Gasteiger partial charge in [-0.2, -0.15) is 18.6 Å². The fourth-order valence-electron chi connectivity index (χ4n) is 2.89. The van der Waals surface area contributed by atoms with Crippen molar-refractivity contribution in [1.82, 2.24) is 0 Å². The number of nitrogens with zero attached hydrogens (tertiary/aromatic N) is 2. The predicted octanol–water partition coefficient (Wildman–Crippen LogP) is 4.28. The lowest BCUT2D eigenvalue weighted by Gasteiger charge is -2.13. The van der Waals surface area contributed by atoms with Crippen LogP contribution in [0.5, 0.6) is 5.75 Å². The number of sulfone groups is 1. The van der Waals surface area contributed by atoms with Crippen LogP contribution in [0, 0.1) is 0 Å². The van der Waals surface area contributed by atoms with Crippen molar-refractivity contribution in [2.75, 3.05) is 11.9 Å². The molecule has 3 aromatic carbocycles. The molecule has 10 nitrogen and oxygen atoms in total. The number of Topliss-reactive ketones (excluding diaryl/α,β-unsaturated/α-hetero) is 1. The van der Waals surface area contributed by atoms with E-state index in [-0.39, 0.29) is 44.3 Å². The fraction of sp³-hybridized carbons (Fsp3) is 0.136. The molecule has 0 heterocycles. The summed E-state index contributed by atoms with van der Waals surface area (Å²) >= 11 is 6.04. The van der Waals surface area contributed by atoms with E-state index in [4.69, 9.17) is 16.2 Å². The van der Waals surface area contributed by atoms with Crippen LogP contribution in [0.3, 0.4) is 0 Å². The average Bonchev–Trinajstić information content (AvgIpc) is 2.80. The van der Waals surface area contributed by atoms with Crippen molar-refractivity contribution >= 4 is 48.7 Å². The van der Waals surface area contributed by atoms with Gasteiger partial charge in [0.15, 0.2) is 5.78 Å². The zero-order valence-corrected chi connectivity index (χ0v) is 20.5. The Bertz CT molecular complexity index is 1490. The molecule has 3 rings (SSSR count). The van der Waals surface area contributed by atoms with E-state index >= 15 is 0 Å². The van der Waals surface area contributed by atoms with Gasteiger partial charge in [-0.1, -0.05) is 29.8 Å². The minimum Gasteiger partial charge on any atom is -0.506 e. The lowest BCUT2D eigenvalue weighted by atomic mass is 10.2. The van der Waals surface area contributed by atoms with Gasteiger partial charge in [0.05, 0.1) is 25.4 Å². The van der Waals surface area contributed by atoms with Crippen LogP contribution in [0.25, 0.3) is 0 Å². The molecule has 3 aromatic rings. The van der Waals surface area contributed by atoms with Gasteiger partial charge in [-0.25, -0.2) is 8.42 Å². The molecule has 3 N–H and O–H groups in total. The monoisotopic (exact) mass is 537 g/mol. The number of carbonyl (C=O) groups excluding carboxylic acids is 1. The van der Waals surface area contributed by atoms with E-state index < -0.39 is 30.9 Å². The van der Waals surface area contributed by atoms with E-state index in [0.717, 1.165) is 18.2 Å². The van der Waals surface area contributed by atoms with Crippen LogP contribution in [0.4, 0.5) is 11.4 Å². The molecular weight excluding hydrogens is 518 g/mol. The first-order valence-electron chi connectivity index (χ1n) is 9.95. The Morgan fingerprint density at radius 3 is 2.23 bits per heavy atom. The van der Waals surface area contributed by atoms with E-state index in [0.29, 0.717) is 0 Å². The molecule has 1 atom stereocenters. The van der Waals surface area contributed by atoms with E-state index in [1.165, 1.54) is 37.3 Å². The van der Waals surface area contributed by atoms with Crippen molar-refractivity contribution in [1.29, 1.82) is 0 Å². The number of hydrogen-bond donors (Lipinski definition) is 3. The highest BCUT2D eigenvalue weighted by Crippen LogP contribution is 2.32. The molecule has 0 saturated carbocycles. The SMILES string of the molecule is CC(=O)C(CNc1ccc(S(=O)(=O)O)cc1Cl)N=Nc1cc(S(=O)(=O)c2ccccc2)ccc1O. The third kappa shape index (κ3) is 6.42. The summed E-state index contributed by atoms with van der Waals surface area (Å²) in [5, 5.41) is 20.8. The zero-order valence-electron chi connectivity index (χ0n) is 18.2. The number of benzene rings is 3. The van der Waals surface area contributed by atoms with Gasteiger partial charge >= 0.3 is 0 Å². The first-order valence-corrected chi connectivity index (χ1v) is 13.2. The maximum absolute atomic E-state index is 12.8. The molecule has 13 heteroatoms. The number of carbonyl (C=O) groups is 1. The molecule has 1 unspecified atom stereocenters. The summed E-state index contributed by atoms with van der Waals surface area (Å²) in [7, 11) is -8.29. The van der Waals surface area contributed by atoms with Crippen LogP contribution in [0.1, 0.15) is 6.92 Å². The summed E-state index contributed by atoms with van der Waals surface area (Å²) in [5.74, 6) is -0.723. The smallest absolute Gasteiger partial charge is 0.294 e. The van der Waals surface area contributed by atoms with E-state index in [2.05, 4.69) is 15.5 Å². The number of ketones is 1. The third-order valence-electron chi connectivity index (χ3n) is 4.81. The highest BCUT2D eigenvalue weighted by atomic mass is 35.5. The minimum atomic E-state index is -4.43. The summed E-state index contributed by atoms with van der Waals surface area (Å²) < 4.78 is 57.2. The summed E-state index contributed by atoms with van der Waals surface area (Å²) in [6.45, 7) is 1.18. The Morgan fingerprint density at radius 2 is 1.63 bits per heavy atom. The van der Waals surface area contributed by atoms with Crippen LogP contribution in [-0.2, 0) is 24.7 Å². The standard InChI is InChI=1S/C22H20ClN3O7S2/c1-14(27)21(13-24-19-9-7-17(11-18(19)23)35(31,32)33)26-25-20-12-16(8-10-22(20)28)34(29,30)15-5-3-2-4-6-15/h2-12,21,24,28H,13H2,1H3,(H,31,32,33). The van der Waals surface area contributed by atoms with Gasteiger partial charge in [0.25, 0.3) is 10.1 Å². The van der Waals surface area contributed by atoms with Gasteiger partial charge in [0, 0.05) is 6.54 Å². The molecule has 0 aliphatic rings. The number of azo groups is 1. The van der Waals surface area contributed by atoms with E-state index in [9.17, 15) is 26.7 Å². The molecule has 0 bridgehead atoms. The molecule has 0 spiro atoms. The summed E-state index contributed by atoms with van der Waals surface area (Å²) in [4.78, 5) is 11.6. The van der Waals surface area contributed by atoms with Crippen molar-refractivity contribution in [2.45, 2.75) is 27.7 Å². The molecular formula is C22H20ClN3O7S2. The summed E-state index contributed by atoms with van der Waals surface area (Å²) in [5.41, 5.74) is 0.128. The molecule has 0 radical (unpaired) electrons. The van der Waals surface area contributed by atoms with Crippen LogP contribution < -0.4 is 5.32 Å². The van der Waals surface area contributed by atoms with Crippen molar-refractivity contribution in [2.24, 2.45) is 10.2 Å². The number of aromatic hydroxyl groups is 1. The van der Waals surface area contributed by atoms with Crippen molar-refractivity contribution in [3.8, 4) is 5.75 Å². The second-order valence-corrected chi connectivity index (χ2v) is 11.1. The lowest BCUT2D eigenvalue weighted by molar-refractivity contribution is -0.117. The zero-order chi connectivity index (χ0) is 25.8. The number of nitrogens with one attached hydrogen (secondary N) is 1. The van der Waals surface area contributed by atoms with Crippen LogP contribution >= 0.6 is 11.6 Å². The number of phenolic OH excluding ortho intramolecular Hbond substituents is 1. The molecule has 0 aromatic heterocycles. The van der Waals surface area contributed by atoms with Crippen molar-refractivity contribution in [3.63, 3.8) is 0 Å². The number of anilines is 1. The number of hydrogen-bond acceptors (Lipinski definition) is 9. The summed E-state index contributed by atoms with van der Waals surface area (Å²) in [6, 6.07) is 13.7. The molecule has 0 fully saturated rings. The first kappa shape index (κ1) is 26.3. The molecule has 184 valence electrons. The largest absolute Gasteiger partial charge is 0.506 e. The van der Waals surface area contributed by atoms with Gasteiger partial charge in [-0.3, -0.25) is 9.35 Å². The molecule has 0 aliphatic carbocycles. The minimum absolute atomic E-state index is 0.0177. The number of halogens is 1. The van der Waals surface area contributed by atoms with Crippen LogP contribution in [-0.4, -0.2) is 44.9 Å². The Labute approximate surface area is 207 Å². The maximum atomic E-state index is 12.8. The predicted molar refractivity (Wildman–Crippen MR) is 129 cm³/mol. The first-order chi connectivity index (χ1) is 16.4. The topological polar surface area (TPSA) is 163 Å². The number of phenols is 1. The quantitative estimate of drug-likeness (QED) is 0.269. The second kappa shape index (κ2) is 10.5. The van der Waals surface area contributed by atoms with E-state index in [1.54, 1.807) is 18.2 Å². The molecule has 0 saturated heterocycles. The summed E-state index contributed by atoms with van der Waals surface area (Å²) in [6.07, 6.45) is 0.